The number of hydrogen-bond acceptors (Lipinski definition) is 13. The molecule has 13 nitrogen and oxygen atoms in total. The van der Waals surface area contributed by atoms with Crippen LogP contribution in [0.25, 0.3) is 0 Å². The molecule has 4 aromatic rings. The molecule has 338 valence electrons. The summed E-state index contributed by atoms with van der Waals surface area (Å²) in [7, 11) is 1.42. The number of methoxy groups -OCH3 is 1. The maximum atomic E-state index is 12.3. The summed E-state index contributed by atoms with van der Waals surface area (Å²) in [5.74, 6) is -0.177. The third kappa shape index (κ3) is 12.2. The third-order valence-corrected chi connectivity index (χ3v) is 11.9. The highest BCUT2D eigenvalue weighted by atomic mass is 16.8. The largest absolute Gasteiger partial charge is 0.469 e. The summed E-state index contributed by atoms with van der Waals surface area (Å²) in [6.45, 7) is 1.26. The van der Waals surface area contributed by atoms with Gasteiger partial charge in [0.1, 0.15) is 48.8 Å². The first-order valence-corrected chi connectivity index (χ1v) is 22.3. The molecule has 0 spiro atoms. The molecular formula is C50H60O13. The fourth-order valence-corrected chi connectivity index (χ4v) is 8.51. The van der Waals surface area contributed by atoms with Crippen LogP contribution in [0.2, 0.25) is 0 Å². The van der Waals surface area contributed by atoms with E-state index in [2.05, 4.69) is 0 Å². The van der Waals surface area contributed by atoms with Crippen molar-refractivity contribution in [1.82, 2.24) is 0 Å². The first-order valence-electron chi connectivity index (χ1n) is 22.3. The van der Waals surface area contributed by atoms with Gasteiger partial charge in [0.2, 0.25) is 0 Å². The molecule has 4 aliphatic heterocycles. The smallest absolute Gasteiger partial charge is 0.305 e. The Kier molecular flexibility index (Phi) is 16.7. The molecule has 4 saturated heterocycles. The van der Waals surface area contributed by atoms with Crippen LogP contribution in [0.4, 0.5) is 0 Å². The second kappa shape index (κ2) is 23.2. The summed E-state index contributed by atoms with van der Waals surface area (Å²) in [4.78, 5) is 11.5. The van der Waals surface area contributed by atoms with E-state index in [1.54, 1.807) is 0 Å². The molecule has 0 amide bonds. The van der Waals surface area contributed by atoms with E-state index < -0.39 is 74.0 Å². The van der Waals surface area contributed by atoms with Gasteiger partial charge in [0.05, 0.1) is 33.5 Å². The zero-order valence-electron chi connectivity index (χ0n) is 35.8. The summed E-state index contributed by atoms with van der Waals surface area (Å²) < 4.78 is 70.7. The molecule has 4 heterocycles. The summed E-state index contributed by atoms with van der Waals surface area (Å²) in [5.41, 5.74) is 3.62. The number of hydrogen-bond donors (Lipinski definition) is 1. The summed E-state index contributed by atoms with van der Waals surface area (Å²) >= 11 is 0. The lowest BCUT2D eigenvalue weighted by Gasteiger charge is -2.52. The lowest BCUT2D eigenvalue weighted by molar-refractivity contribution is -0.410. The second-order valence-corrected chi connectivity index (χ2v) is 16.4. The van der Waals surface area contributed by atoms with Crippen LogP contribution in [0.3, 0.4) is 0 Å². The Morgan fingerprint density at radius 2 is 1.03 bits per heavy atom. The van der Waals surface area contributed by atoms with Crippen LogP contribution in [0.5, 0.6) is 0 Å². The lowest BCUT2D eigenvalue weighted by Crippen LogP contribution is -2.67. The average Bonchev–Trinajstić information content (AvgIpc) is 3.34. The molecule has 0 bridgehead atoms. The van der Waals surface area contributed by atoms with E-state index in [0.717, 1.165) is 60.8 Å². The predicted octanol–water partition coefficient (Wildman–Crippen LogP) is 7.50. The highest BCUT2D eigenvalue weighted by molar-refractivity contribution is 5.68. The summed E-state index contributed by atoms with van der Waals surface area (Å²) in [6.07, 6.45) is -3.98. The summed E-state index contributed by atoms with van der Waals surface area (Å²) in [6, 6.07) is 39.1. The molecule has 4 fully saturated rings. The standard InChI is InChI=1S/C50H60O13/c1-53-40(51)28-18-4-2-3-5-19-29-54-50-46(45(56-31-35-22-12-7-13-23-35)43-39(60-50)33-58-48(62-43)37-26-16-9-17-27-37)63-49-41(52)44(55-30-34-20-10-6-11-21-34)42-38(59-49)32-57-47(61-42)36-24-14-8-15-25-36/h6-17,20-27,38-39,41-50,52H,2-5,18-19,28-33H2,1H3/t38-,39-,41+,42-,43-,44-,45+,46+,47?,48?,49+,50?/m1/s1. The molecule has 0 saturated carbocycles. The van der Waals surface area contributed by atoms with Crippen molar-refractivity contribution in [3.63, 3.8) is 0 Å². The molecule has 63 heavy (non-hydrogen) atoms. The normalized spacial score (nSPS) is 30.5. The molecule has 0 aliphatic carbocycles. The van der Waals surface area contributed by atoms with E-state index in [9.17, 15) is 9.90 Å². The fourth-order valence-electron chi connectivity index (χ4n) is 8.51. The number of carbonyl (C=O) groups excluding carboxylic acids is 1. The minimum atomic E-state index is -1.30. The van der Waals surface area contributed by atoms with Crippen LogP contribution in [-0.2, 0) is 70.1 Å². The van der Waals surface area contributed by atoms with E-state index in [0.29, 0.717) is 13.0 Å². The SMILES string of the molecule is COC(=O)CCCCCCCCOC1O[C@@H]2COC(c3ccccc3)O[C@H]2[C@H](OCc2ccccc2)[C@@H]1O[C@@H]1O[C@@H]2COC(c3ccccc3)O[C@H]2[C@H](OCc2ccccc2)[C@@H]1O. The number of unbranched alkanes of at least 4 members (excludes halogenated alkanes) is 5. The number of aliphatic hydroxyl groups excluding tert-OH is 1. The maximum Gasteiger partial charge on any atom is 0.305 e. The van der Waals surface area contributed by atoms with Crippen molar-refractivity contribution in [2.45, 2.75) is 132 Å². The minimum Gasteiger partial charge on any atom is -0.469 e. The Bertz CT molecular complexity index is 1920. The number of aliphatic hydroxyl groups is 1. The van der Waals surface area contributed by atoms with Gasteiger partial charge in [0.25, 0.3) is 0 Å². The van der Waals surface area contributed by atoms with Crippen molar-refractivity contribution < 1.29 is 62.0 Å². The highest BCUT2D eigenvalue weighted by Crippen LogP contribution is 2.41. The van der Waals surface area contributed by atoms with Gasteiger partial charge in [-0.25, -0.2) is 0 Å². The predicted molar refractivity (Wildman–Crippen MR) is 229 cm³/mol. The molecule has 3 unspecified atom stereocenters. The van der Waals surface area contributed by atoms with Crippen LogP contribution in [0.1, 0.15) is 79.8 Å². The van der Waals surface area contributed by atoms with E-state index in [4.69, 9.17) is 52.1 Å². The van der Waals surface area contributed by atoms with E-state index >= 15 is 0 Å². The Balaban J connectivity index is 1.03. The lowest BCUT2D eigenvalue weighted by atomic mass is 9.95. The van der Waals surface area contributed by atoms with Gasteiger partial charge in [-0.05, 0) is 24.0 Å². The molecule has 4 aliphatic rings. The minimum absolute atomic E-state index is 0.170. The van der Waals surface area contributed by atoms with Crippen molar-refractivity contribution in [2.75, 3.05) is 26.9 Å². The van der Waals surface area contributed by atoms with Gasteiger partial charge >= 0.3 is 5.97 Å². The van der Waals surface area contributed by atoms with Crippen LogP contribution < -0.4 is 0 Å². The Morgan fingerprint density at radius 3 is 1.59 bits per heavy atom. The molecule has 13 heteroatoms. The number of benzene rings is 4. The van der Waals surface area contributed by atoms with Gasteiger partial charge in [-0.2, -0.15) is 0 Å². The quantitative estimate of drug-likeness (QED) is 0.0694. The van der Waals surface area contributed by atoms with Crippen molar-refractivity contribution in [2.24, 2.45) is 0 Å². The number of esters is 1. The number of fused-ring (bicyclic) bond motifs is 2. The fraction of sp³-hybridized carbons (Fsp3) is 0.500. The van der Waals surface area contributed by atoms with E-state index in [1.165, 1.54) is 7.11 Å². The van der Waals surface area contributed by atoms with E-state index in [-0.39, 0.29) is 32.4 Å². The van der Waals surface area contributed by atoms with Crippen molar-refractivity contribution >= 4 is 5.97 Å². The molecule has 0 radical (unpaired) electrons. The number of carbonyl (C=O) groups is 1. The van der Waals surface area contributed by atoms with Crippen LogP contribution in [-0.4, -0.2) is 99.4 Å². The number of rotatable bonds is 20. The Morgan fingerprint density at radius 1 is 0.556 bits per heavy atom. The van der Waals surface area contributed by atoms with Gasteiger partial charge in [-0.1, -0.05) is 147 Å². The topological polar surface area (TPSA) is 139 Å². The van der Waals surface area contributed by atoms with Gasteiger partial charge < -0.3 is 57.2 Å². The molecule has 8 rings (SSSR count). The molecule has 12 atom stereocenters. The highest BCUT2D eigenvalue weighted by Gasteiger charge is 2.56. The molecular weight excluding hydrogens is 809 g/mol. The third-order valence-electron chi connectivity index (χ3n) is 11.9. The van der Waals surface area contributed by atoms with Gasteiger partial charge in [0.15, 0.2) is 25.2 Å². The first kappa shape index (κ1) is 45.5. The maximum absolute atomic E-state index is 12.3. The second-order valence-electron chi connectivity index (χ2n) is 16.4. The molecule has 4 aromatic carbocycles. The van der Waals surface area contributed by atoms with Crippen molar-refractivity contribution in [1.29, 1.82) is 0 Å². The Hall–Kier alpha value is -4.09. The zero-order chi connectivity index (χ0) is 43.2. The molecule has 0 aromatic heterocycles. The number of ether oxygens (including phenoxy) is 11. The first-order chi connectivity index (χ1) is 31.0. The summed E-state index contributed by atoms with van der Waals surface area (Å²) in [5, 5.41) is 12.3. The monoisotopic (exact) mass is 868 g/mol. The van der Waals surface area contributed by atoms with Crippen LogP contribution in [0, 0.1) is 0 Å². The van der Waals surface area contributed by atoms with Gasteiger partial charge in [-0.3, -0.25) is 4.79 Å². The van der Waals surface area contributed by atoms with Crippen molar-refractivity contribution in [3.05, 3.63) is 144 Å². The van der Waals surface area contributed by atoms with E-state index in [1.807, 2.05) is 121 Å². The average molecular weight is 869 g/mol. The van der Waals surface area contributed by atoms with Crippen LogP contribution in [0.15, 0.2) is 121 Å². The van der Waals surface area contributed by atoms with Crippen molar-refractivity contribution in [3.8, 4) is 0 Å². The van der Waals surface area contributed by atoms with Gasteiger partial charge in [-0.15, -0.1) is 0 Å². The molecule has 1 N–H and O–H groups in total. The van der Waals surface area contributed by atoms with Crippen LogP contribution >= 0.6 is 0 Å². The zero-order valence-corrected chi connectivity index (χ0v) is 35.8. The Labute approximate surface area is 369 Å². The van der Waals surface area contributed by atoms with Gasteiger partial charge in [0, 0.05) is 24.2 Å².